The first-order chi connectivity index (χ1) is 16.8. The normalized spacial score (nSPS) is 13.7. The number of ether oxygens (including phenoxy) is 1. The van der Waals surface area contributed by atoms with Crippen LogP contribution < -0.4 is 5.56 Å². The van der Waals surface area contributed by atoms with Crippen LogP contribution in [0.3, 0.4) is 0 Å². The highest BCUT2D eigenvalue weighted by Gasteiger charge is 2.24. The van der Waals surface area contributed by atoms with Crippen molar-refractivity contribution in [2.24, 2.45) is 7.05 Å². The Kier molecular flexibility index (Phi) is 9.77. The van der Waals surface area contributed by atoms with E-state index in [1.807, 2.05) is 18.7 Å². The third kappa shape index (κ3) is 7.34. The van der Waals surface area contributed by atoms with Gasteiger partial charge in [0.25, 0.3) is 5.56 Å². The number of carbonyl (C=O) groups excluding carboxylic acids is 2. The maximum atomic E-state index is 13.0. The van der Waals surface area contributed by atoms with Crippen LogP contribution in [0.15, 0.2) is 34.2 Å². The first-order valence-corrected chi connectivity index (χ1v) is 13.2. The van der Waals surface area contributed by atoms with Crippen molar-refractivity contribution in [3.63, 3.8) is 0 Å². The van der Waals surface area contributed by atoms with Gasteiger partial charge in [0.05, 0.1) is 6.61 Å². The lowest BCUT2D eigenvalue weighted by Crippen LogP contribution is -2.50. The Morgan fingerprint density at radius 1 is 1.03 bits per heavy atom. The highest BCUT2D eigenvalue weighted by Crippen LogP contribution is 2.19. The molecule has 190 valence electrons. The number of amides is 2. The van der Waals surface area contributed by atoms with Gasteiger partial charge in [0, 0.05) is 63.1 Å². The monoisotopic (exact) mass is 500 g/mol. The van der Waals surface area contributed by atoms with Gasteiger partial charge in [-0.1, -0.05) is 41.6 Å². The van der Waals surface area contributed by atoms with Crippen molar-refractivity contribution in [2.45, 2.75) is 51.6 Å². The SMILES string of the molecule is CCOC(=O)N1CCN(C(=O)CCCCSc2nc(C)c(Cc3ccc(C)cc3)c(=O)n2C)CC1. The van der Waals surface area contributed by atoms with Crippen LogP contribution in [0.1, 0.15) is 48.6 Å². The zero-order chi connectivity index (χ0) is 25.4. The summed E-state index contributed by atoms with van der Waals surface area (Å²) in [5.41, 5.74) is 3.80. The summed E-state index contributed by atoms with van der Waals surface area (Å²) < 4.78 is 6.65. The van der Waals surface area contributed by atoms with E-state index in [4.69, 9.17) is 9.72 Å². The Labute approximate surface area is 211 Å². The number of nitrogens with zero attached hydrogens (tertiary/aromatic N) is 4. The number of carbonyl (C=O) groups is 2. The molecule has 2 heterocycles. The smallest absolute Gasteiger partial charge is 0.409 e. The van der Waals surface area contributed by atoms with Gasteiger partial charge in [-0.3, -0.25) is 14.2 Å². The molecule has 0 atom stereocenters. The van der Waals surface area contributed by atoms with E-state index in [0.29, 0.717) is 50.8 Å². The predicted octanol–water partition coefficient (Wildman–Crippen LogP) is 3.55. The molecular formula is C26H36N4O4S. The van der Waals surface area contributed by atoms with Crippen molar-refractivity contribution in [2.75, 3.05) is 38.5 Å². The standard InChI is InChI=1S/C26H36N4O4S/c1-5-34-26(33)30-15-13-29(14-16-30)23(31)8-6-7-17-35-25-27-20(3)22(24(32)28(25)4)18-21-11-9-19(2)10-12-21/h9-12H,5-8,13-18H2,1-4H3. The third-order valence-electron chi connectivity index (χ3n) is 6.23. The molecule has 0 saturated carbocycles. The van der Waals surface area contributed by atoms with Crippen LogP contribution in [0.4, 0.5) is 4.79 Å². The zero-order valence-corrected chi connectivity index (χ0v) is 22.0. The first kappa shape index (κ1) is 26.8. The number of hydrogen-bond donors (Lipinski definition) is 0. The summed E-state index contributed by atoms with van der Waals surface area (Å²) in [6, 6.07) is 8.22. The Bertz CT molecular complexity index is 1080. The van der Waals surface area contributed by atoms with Gasteiger partial charge in [0.2, 0.25) is 5.91 Å². The van der Waals surface area contributed by atoms with Gasteiger partial charge in [-0.25, -0.2) is 9.78 Å². The maximum absolute atomic E-state index is 13.0. The Balaban J connectivity index is 1.43. The number of hydrogen-bond acceptors (Lipinski definition) is 6. The maximum Gasteiger partial charge on any atom is 0.409 e. The van der Waals surface area contributed by atoms with Crippen molar-refractivity contribution in [1.82, 2.24) is 19.4 Å². The van der Waals surface area contributed by atoms with Gasteiger partial charge in [-0.2, -0.15) is 0 Å². The first-order valence-electron chi connectivity index (χ1n) is 12.2. The topological polar surface area (TPSA) is 84.7 Å². The minimum Gasteiger partial charge on any atom is -0.450 e. The molecular weight excluding hydrogens is 464 g/mol. The summed E-state index contributed by atoms with van der Waals surface area (Å²) >= 11 is 1.56. The van der Waals surface area contributed by atoms with Gasteiger partial charge in [0.15, 0.2) is 5.16 Å². The molecule has 0 bridgehead atoms. The number of rotatable bonds is 9. The van der Waals surface area contributed by atoms with Crippen LogP contribution in [0.25, 0.3) is 0 Å². The fraction of sp³-hybridized carbons (Fsp3) is 0.538. The van der Waals surface area contributed by atoms with E-state index in [0.717, 1.165) is 35.4 Å². The second-order valence-corrected chi connectivity index (χ2v) is 9.92. The molecule has 2 aromatic rings. The fourth-order valence-electron chi connectivity index (χ4n) is 4.03. The summed E-state index contributed by atoms with van der Waals surface area (Å²) in [5.74, 6) is 0.918. The van der Waals surface area contributed by atoms with E-state index in [1.54, 1.807) is 35.2 Å². The second kappa shape index (κ2) is 12.8. The van der Waals surface area contributed by atoms with E-state index in [1.165, 1.54) is 5.56 Å². The highest BCUT2D eigenvalue weighted by molar-refractivity contribution is 7.99. The molecule has 0 N–H and O–H groups in total. The van der Waals surface area contributed by atoms with Crippen LogP contribution >= 0.6 is 11.8 Å². The number of aryl methyl sites for hydroxylation is 2. The molecule has 0 unspecified atom stereocenters. The molecule has 1 aliphatic rings. The van der Waals surface area contributed by atoms with Crippen molar-refractivity contribution in [1.29, 1.82) is 0 Å². The lowest BCUT2D eigenvalue weighted by molar-refractivity contribution is -0.132. The molecule has 1 aromatic heterocycles. The van der Waals surface area contributed by atoms with E-state index in [2.05, 4.69) is 24.3 Å². The van der Waals surface area contributed by atoms with E-state index < -0.39 is 0 Å². The largest absolute Gasteiger partial charge is 0.450 e. The molecule has 9 heteroatoms. The average molecular weight is 501 g/mol. The van der Waals surface area contributed by atoms with Gasteiger partial charge in [-0.05, 0) is 39.2 Å². The highest BCUT2D eigenvalue weighted by atomic mass is 32.2. The van der Waals surface area contributed by atoms with Crippen molar-refractivity contribution in [3.8, 4) is 0 Å². The predicted molar refractivity (Wildman–Crippen MR) is 138 cm³/mol. The molecule has 0 radical (unpaired) electrons. The molecule has 35 heavy (non-hydrogen) atoms. The zero-order valence-electron chi connectivity index (χ0n) is 21.2. The lowest BCUT2D eigenvalue weighted by atomic mass is 10.0. The summed E-state index contributed by atoms with van der Waals surface area (Å²) in [5, 5.41) is 0.710. The van der Waals surface area contributed by atoms with E-state index in [9.17, 15) is 14.4 Å². The fourth-order valence-corrected chi connectivity index (χ4v) is 5.03. The van der Waals surface area contributed by atoms with Crippen LogP contribution in [0.5, 0.6) is 0 Å². The van der Waals surface area contributed by atoms with Crippen molar-refractivity contribution >= 4 is 23.8 Å². The summed E-state index contributed by atoms with van der Waals surface area (Å²) in [4.78, 5) is 45.4. The molecule has 0 spiro atoms. The second-order valence-electron chi connectivity index (χ2n) is 8.86. The van der Waals surface area contributed by atoms with Crippen LogP contribution in [-0.4, -0.2) is 69.9 Å². The molecule has 1 aliphatic heterocycles. The van der Waals surface area contributed by atoms with E-state index >= 15 is 0 Å². The minimum atomic E-state index is -0.307. The summed E-state index contributed by atoms with van der Waals surface area (Å²) in [7, 11) is 1.77. The molecule has 0 aliphatic carbocycles. The van der Waals surface area contributed by atoms with E-state index in [-0.39, 0.29) is 17.6 Å². The summed E-state index contributed by atoms with van der Waals surface area (Å²) in [6.07, 6.45) is 2.40. The van der Waals surface area contributed by atoms with Gasteiger partial charge < -0.3 is 14.5 Å². The average Bonchev–Trinajstić information content (AvgIpc) is 2.85. The lowest BCUT2D eigenvalue weighted by Gasteiger charge is -2.34. The van der Waals surface area contributed by atoms with Crippen molar-refractivity contribution in [3.05, 3.63) is 57.0 Å². The Morgan fingerprint density at radius 2 is 1.69 bits per heavy atom. The number of thioether (sulfide) groups is 1. The van der Waals surface area contributed by atoms with Crippen LogP contribution in [0, 0.1) is 13.8 Å². The van der Waals surface area contributed by atoms with Gasteiger partial charge in [0.1, 0.15) is 0 Å². The molecule has 3 rings (SSSR count). The number of aromatic nitrogens is 2. The molecule has 2 amide bonds. The summed E-state index contributed by atoms with van der Waals surface area (Å²) in [6.45, 7) is 8.21. The Hall–Kier alpha value is -2.81. The van der Waals surface area contributed by atoms with Crippen LogP contribution in [-0.2, 0) is 23.0 Å². The van der Waals surface area contributed by atoms with Gasteiger partial charge in [-0.15, -0.1) is 0 Å². The molecule has 1 aromatic carbocycles. The Morgan fingerprint density at radius 3 is 2.34 bits per heavy atom. The number of piperazine rings is 1. The number of unbranched alkanes of at least 4 members (excludes halogenated alkanes) is 1. The quantitative estimate of drug-likeness (QED) is 0.297. The molecule has 1 fully saturated rings. The van der Waals surface area contributed by atoms with Crippen molar-refractivity contribution < 1.29 is 14.3 Å². The van der Waals surface area contributed by atoms with Gasteiger partial charge >= 0.3 is 6.09 Å². The minimum absolute atomic E-state index is 0.00212. The molecule has 8 nitrogen and oxygen atoms in total. The number of benzene rings is 1. The van der Waals surface area contributed by atoms with Crippen LogP contribution in [0.2, 0.25) is 0 Å². The third-order valence-corrected chi connectivity index (χ3v) is 7.34. The molecule has 1 saturated heterocycles.